The first-order valence-corrected chi connectivity index (χ1v) is 9.29. The SMILES string of the molecule is CC(C)c1sc(=NS(=O)(=O)c2cc(Cl)ccc2O)n(C)c1Cl. The van der Waals surface area contributed by atoms with E-state index in [4.69, 9.17) is 23.2 Å². The molecule has 1 aromatic carbocycles. The fraction of sp³-hybridized carbons (Fsp3) is 0.308. The van der Waals surface area contributed by atoms with Gasteiger partial charge in [0.2, 0.25) is 4.80 Å². The highest BCUT2D eigenvalue weighted by molar-refractivity contribution is 7.90. The standard InChI is InChI=1S/C13H14Cl2N2O3S2/c1-7(2)11-12(15)17(3)13(21-11)16-22(19,20)10-6-8(14)4-5-9(10)18/h4-7,18H,1-3H3. The molecule has 0 saturated carbocycles. The molecule has 1 aromatic heterocycles. The first-order chi connectivity index (χ1) is 10.1. The van der Waals surface area contributed by atoms with Gasteiger partial charge in [-0.2, -0.15) is 8.42 Å². The van der Waals surface area contributed by atoms with Gasteiger partial charge in [-0.05, 0) is 24.1 Å². The summed E-state index contributed by atoms with van der Waals surface area (Å²) in [4.78, 5) is 0.733. The highest BCUT2D eigenvalue weighted by atomic mass is 35.5. The van der Waals surface area contributed by atoms with E-state index < -0.39 is 15.8 Å². The van der Waals surface area contributed by atoms with Crippen molar-refractivity contribution >= 4 is 44.6 Å². The Morgan fingerprint density at radius 2 is 1.95 bits per heavy atom. The van der Waals surface area contributed by atoms with Crippen LogP contribution < -0.4 is 4.80 Å². The van der Waals surface area contributed by atoms with E-state index in [9.17, 15) is 13.5 Å². The number of sulfonamides is 1. The Kier molecular flexibility index (Phi) is 4.91. The molecule has 1 heterocycles. The number of nitrogens with zero attached hydrogens (tertiary/aromatic N) is 2. The van der Waals surface area contributed by atoms with Crippen LogP contribution in [0.3, 0.4) is 0 Å². The number of hydrogen-bond acceptors (Lipinski definition) is 4. The third kappa shape index (κ3) is 3.32. The predicted octanol–water partition coefficient (Wildman–Crippen LogP) is 3.51. The van der Waals surface area contributed by atoms with Gasteiger partial charge < -0.3 is 9.67 Å². The van der Waals surface area contributed by atoms with Gasteiger partial charge in [-0.15, -0.1) is 4.40 Å². The van der Waals surface area contributed by atoms with Crippen LogP contribution in [0.15, 0.2) is 27.5 Å². The Balaban J connectivity index is 2.66. The number of aromatic nitrogens is 1. The molecule has 0 spiro atoms. The molecule has 120 valence electrons. The Bertz CT molecular complexity index is 883. The highest BCUT2D eigenvalue weighted by Crippen LogP contribution is 2.29. The average Bonchev–Trinajstić information content (AvgIpc) is 2.69. The minimum Gasteiger partial charge on any atom is -0.507 e. The van der Waals surface area contributed by atoms with Crippen LogP contribution in [0.4, 0.5) is 0 Å². The molecule has 1 N–H and O–H groups in total. The van der Waals surface area contributed by atoms with Crippen LogP contribution in [0.2, 0.25) is 10.2 Å². The third-order valence-corrected chi connectivity index (χ3v) is 6.56. The van der Waals surface area contributed by atoms with Crippen LogP contribution in [-0.2, 0) is 17.1 Å². The second-order valence-corrected chi connectivity index (χ2v) is 8.31. The molecule has 0 aliphatic heterocycles. The maximum absolute atomic E-state index is 12.4. The van der Waals surface area contributed by atoms with Gasteiger partial charge in [-0.25, -0.2) is 0 Å². The summed E-state index contributed by atoms with van der Waals surface area (Å²) in [7, 11) is -2.46. The predicted molar refractivity (Wildman–Crippen MR) is 88.3 cm³/mol. The van der Waals surface area contributed by atoms with Crippen molar-refractivity contribution in [2.24, 2.45) is 11.4 Å². The summed E-state index contributed by atoms with van der Waals surface area (Å²) in [5.41, 5.74) is 0. The van der Waals surface area contributed by atoms with E-state index in [-0.39, 0.29) is 20.6 Å². The molecule has 0 aliphatic carbocycles. The Morgan fingerprint density at radius 3 is 2.50 bits per heavy atom. The summed E-state index contributed by atoms with van der Waals surface area (Å²) in [6.45, 7) is 3.91. The molecular formula is C13H14Cl2N2O3S2. The van der Waals surface area contributed by atoms with Gasteiger partial charge in [0.05, 0.1) is 0 Å². The minimum atomic E-state index is -4.10. The molecule has 0 aliphatic rings. The fourth-order valence-electron chi connectivity index (χ4n) is 1.74. The monoisotopic (exact) mass is 380 g/mol. The lowest BCUT2D eigenvalue weighted by Crippen LogP contribution is -2.14. The molecule has 2 rings (SSSR count). The summed E-state index contributed by atoms with van der Waals surface area (Å²) >= 11 is 13.2. The first-order valence-electron chi connectivity index (χ1n) is 6.28. The van der Waals surface area contributed by atoms with Crippen molar-refractivity contribution in [3.05, 3.63) is 38.1 Å². The molecule has 2 aromatic rings. The zero-order valence-electron chi connectivity index (χ0n) is 12.0. The largest absolute Gasteiger partial charge is 0.507 e. The van der Waals surface area contributed by atoms with Gasteiger partial charge in [0.1, 0.15) is 15.8 Å². The van der Waals surface area contributed by atoms with Gasteiger partial charge in [0.25, 0.3) is 10.0 Å². The van der Waals surface area contributed by atoms with Crippen LogP contribution in [0.25, 0.3) is 0 Å². The van der Waals surface area contributed by atoms with Crippen LogP contribution >= 0.6 is 34.5 Å². The molecule has 5 nitrogen and oxygen atoms in total. The Morgan fingerprint density at radius 1 is 1.32 bits per heavy atom. The van der Waals surface area contributed by atoms with E-state index in [0.717, 1.165) is 10.9 Å². The average molecular weight is 381 g/mol. The number of phenols is 1. The van der Waals surface area contributed by atoms with Crippen LogP contribution in [0.5, 0.6) is 5.75 Å². The van der Waals surface area contributed by atoms with Crippen molar-refractivity contribution in [2.45, 2.75) is 24.7 Å². The quantitative estimate of drug-likeness (QED) is 0.885. The first kappa shape index (κ1) is 17.3. The molecule has 0 amide bonds. The fourth-order valence-corrected chi connectivity index (χ4v) is 4.80. The zero-order chi connectivity index (χ0) is 16.7. The Labute approximate surface area is 142 Å². The molecule has 0 radical (unpaired) electrons. The molecule has 0 fully saturated rings. The van der Waals surface area contributed by atoms with Crippen LogP contribution in [-0.4, -0.2) is 18.1 Å². The molecular weight excluding hydrogens is 367 g/mol. The van der Waals surface area contributed by atoms with Crippen molar-refractivity contribution in [1.29, 1.82) is 0 Å². The van der Waals surface area contributed by atoms with E-state index in [1.807, 2.05) is 13.8 Å². The summed E-state index contributed by atoms with van der Waals surface area (Å²) in [6, 6.07) is 3.77. The van der Waals surface area contributed by atoms with Gasteiger partial charge in [-0.3, -0.25) is 0 Å². The second-order valence-electron chi connectivity index (χ2n) is 4.93. The van der Waals surface area contributed by atoms with Crippen LogP contribution in [0.1, 0.15) is 24.6 Å². The normalized spacial score (nSPS) is 13.1. The van der Waals surface area contributed by atoms with Crippen molar-refractivity contribution < 1.29 is 13.5 Å². The number of thiazole rings is 1. The minimum absolute atomic E-state index is 0.148. The van der Waals surface area contributed by atoms with Crippen molar-refractivity contribution in [3.8, 4) is 5.75 Å². The summed E-state index contributed by atoms with van der Waals surface area (Å²) in [5.74, 6) is -0.252. The maximum atomic E-state index is 12.4. The number of phenolic OH excluding ortho intramolecular Hbond substituents is 1. The summed E-state index contributed by atoms with van der Waals surface area (Å²) < 4.78 is 30.0. The molecule has 0 atom stereocenters. The smallest absolute Gasteiger partial charge is 0.288 e. The van der Waals surface area contributed by atoms with Gasteiger partial charge in [-0.1, -0.05) is 48.4 Å². The van der Waals surface area contributed by atoms with Gasteiger partial charge in [0.15, 0.2) is 0 Å². The van der Waals surface area contributed by atoms with E-state index in [0.29, 0.717) is 5.15 Å². The lowest BCUT2D eigenvalue weighted by molar-refractivity contribution is 0.459. The van der Waals surface area contributed by atoms with E-state index in [1.54, 1.807) is 7.05 Å². The van der Waals surface area contributed by atoms with Crippen LogP contribution in [0, 0.1) is 0 Å². The van der Waals surface area contributed by atoms with Gasteiger partial charge >= 0.3 is 0 Å². The summed E-state index contributed by atoms with van der Waals surface area (Å²) in [6.07, 6.45) is 0. The molecule has 0 unspecified atom stereocenters. The third-order valence-electron chi connectivity index (χ3n) is 2.91. The van der Waals surface area contributed by atoms with E-state index in [2.05, 4.69) is 4.40 Å². The topological polar surface area (TPSA) is 71.7 Å². The lowest BCUT2D eigenvalue weighted by Gasteiger charge is -2.02. The number of benzene rings is 1. The molecule has 0 bridgehead atoms. The van der Waals surface area contributed by atoms with Gasteiger partial charge in [0, 0.05) is 16.9 Å². The van der Waals surface area contributed by atoms with Crippen molar-refractivity contribution in [3.63, 3.8) is 0 Å². The Hall–Kier alpha value is -1.02. The van der Waals surface area contributed by atoms with E-state index in [1.165, 1.54) is 28.0 Å². The lowest BCUT2D eigenvalue weighted by atomic mass is 10.2. The highest BCUT2D eigenvalue weighted by Gasteiger charge is 2.20. The molecule has 9 heteroatoms. The number of halogens is 2. The number of rotatable bonds is 3. The second kappa shape index (κ2) is 6.23. The van der Waals surface area contributed by atoms with Crippen molar-refractivity contribution in [1.82, 2.24) is 4.57 Å². The number of aromatic hydroxyl groups is 1. The summed E-state index contributed by atoms with van der Waals surface area (Å²) in [5, 5.41) is 10.4. The van der Waals surface area contributed by atoms with E-state index >= 15 is 0 Å². The maximum Gasteiger partial charge on any atom is 0.288 e. The van der Waals surface area contributed by atoms with Crippen molar-refractivity contribution in [2.75, 3.05) is 0 Å². The molecule has 22 heavy (non-hydrogen) atoms. The number of hydrogen-bond donors (Lipinski definition) is 1. The molecule has 0 saturated heterocycles. The zero-order valence-corrected chi connectivity index (χ0v) is 15.2.